The summed E-state index contributed by atoms with van der Waals surface area (Å²) < 4.78 is 32.4. The van der Waals surface area contributed by atoms with Crippen LogP contribution in [0.3, 0.4) is 0 Å². The topological polar surface area (TPSA) is 99.2 Å². The maximum Gasteiger partial charge on any atom is 0.270 e. The van der Waals surface area contributed by atoms with E-state index in [0.29, 0.717) is 12.2 Å². The van der Waals surface area contributed by atoms with Crippen molar-refractivity contribution < 1.29 is 23.2 Å². The van der Waals surface area contributed by atoms with Gasteiger partial charge in [-0.05, 0) is 41.8 Å². The highest BCUT2D eigenvalue weighted by Gasteiger charge is 2.27. The monoisotopic (exact) mass is 473 g/mol. The van der Waals surface area contributed by atoms with Gasteiger partial charge < -0.3 is 4.74 Å². The van der Waals surface area contributed by atoms with Gasteiger partial charge in [0.15, 0.2) is 0 Å². The van der Waals surface area contributed by atoms with Gasteiger partial charge in [-0.1, -0.05) is 49.4 Å². The number of benzene rings is 2. The summed E-state index contributed by atoms with van der Waals surface area (Å²) in [5.74, 6) is -0.597. The molecule has 1 aliphatic rings. The van der Waals surface area contributed by atoms with Gasteiger partial charge in [-0.3, -0.25) is 14.9 Å². The van der Waals surface area contributed by atoms with Crippen LogP contribution in [0.15, 0.2) is 65.1 Å². The van der Waals surface area contributed by atoms with E-state index in [1.165, 1.54) is 15.9 Å². The molecule has 178 valence electrons. The molecule has 0 bridgehead atoms. The van der Waals surface area contributed by atoms with Crippen molar-refractivity contribution in [3.63, 3.8) is 0 Å². The number of sulfonamides is 1. The number of amides is 1. The summed E-state index contributed by atoms with van der Waals surface area (Å²) in [5.41, 5.74) is 5.13. The van der Waals surface area contributed by atoms with Crippen LogP contribution >= 0.6 is 0 Å². The molecule has 9 heteroatoms. The van der Waals surface area contributed by atoms with Crippen LogP contribution in [0.25, 0.3) is 11.1 Å². The molecule has 8 nitrogen and oxygen atoms in total. The van der Waals surface area contributed by atoms with Gasteiger partial charge in [0.2, 0.25) is 10.0 Å². The van der Waals surface area contributed by atoms with Gasteiger partial charge >= 0.3 is 0 Å². The third kappa shape index (κ3) is 6.27. The molecule has 2 aromatic rings. The molecule has 1 amide bonds. The molecule has 3 rings (SSSR count). The van der Waals surface area contributed by atoms with E-state index in [0.717, 1.165) is 30.8 Å². The van der Waals surface area contributed by atoms with E-state index in [-0.39, 0.29) is 24.4 Å². The first-order valence-corrected chi connectivity index (χ1v) is 12.4. The van der Waals surface area contributed by atoms with Gasteiger partial charge in [-0.25, -0.2) is 13.9 Å². The number of nitrogens with one attached hydrogen (secondary N) is 1. The first-order valence-electron chi connectivity index (χ1n) is 10.9. The highest BCUT2D eigenvalue weighted by atomic mass is 32.2. The largest absolute Gasteiger partial charge is 0.383 e. The summed E-state index contributed by atoms with van der Waals surface area (Å²) in [7, 11) is -1.96. The first kappa shape index (κ1) is 25.1. The number of likely N-dealkylation sites (N-methyl/N-ethyl adjacent to an activating group) is 1. The van der Waals surface area contributed by atoms with Crippen molar-refractivity contribution in [2.75, 3.05) is 39.9 Å². The predicted octanol–water partition coefficient (Wildman–Crippen LogP) is 2.65. The molecule has 0 radical (unpaired) electrons. The zero-order valence-electron chi connectivity index (χ0n) is 19.0. The molecular formula is C24H31N3O5S. The zero-order valence-corrected chi connectivity index (χ0v) is 19.8. The summed E-state index contributed by atoms with van der Waals surface area (Å²) in [4.78, 5) is 14.0. The number of hydrogen-bond donors (Lipinski definition) is 2. The SMILES string of the molecule is CCN(CCOC)Cc1ccc(-c2ccc(S(=O)(=O)N3CC=C(C(=O)NO)CC3)cc2)cc1. The van der Waals surface area contributed by atoms with Crippen molar-refractivity contribution in [1.82, 2.24) is 14.7 Å². The Balaban J connectivity index is 1.67. The molecule has 2 N–H and O–H groups in total. The van der Waals surface area contributed by atoms with Crippen molar-refractivity contribution in [3.8, 4) is 11.1 Å². The van der Waals surface area contributed by atoms with Crippen molar-refractivity contribution >= 4 is 15.9 Å². The average Bonchev–Trinajstić information content (AvgIpc) is 2.86. The van der Waals surface area contributed by atoms with Gasteiger partial charge in [-0.15, -0.1) is 0 Å². The lowest BCUT2D eigenvalue weighted by molar-refractivity contribution is -0.125. The molecule has 1 aliphatic heterocycles. The minimum Gasteiger partial charge on any atom is -0.383 e. The van der Waals surface area contributed by atoms with Crippen molar-refractivity contribution in [2.24, 2.45) is 0 Å². The van der Waals surface area contributed by atoms with E-state index in [1.807, 2.05) is 24.3 Å². The maximum absolute atomic E-state index is 13.0. The molecule has 0 unspecified atom stereocenters. The number of methoxy groups -OCH3 is 1. The molecular weight excluding hydrogens is 442 g/mol. The molecule has 2 aromatic carbocycles. The Morgan fingerprint density at radius 2 is 1.76 bits per heavy atom. The number of nitrogens with zero attached hydrogens (tertiary/aromatic N) is 2. The summed E-state index contributed by atoms with van der Waals surface area (Å²) >= 11 is 0. The van der Waals surface area contributed by atoms with Gasteiger partial charge in [0.05, 0.1) is 11.5 Å². The third-order valence-electron chi connectivity index (χ3n) is 5.81. The van der Waals surface area contributed by atoms with Crippen LogP contribution in [0.5, 0.6) is 0 Å². The van der Waals surface area contributed by atoms with Gasteiger partial charge in [0, 0.05) is 38.9 Å². The second-order valence-electron chi connectivity index (χ2n) is 7.87. The zero-order chi connectivity index (χ0) is 23.8. The minimum absolute atomic E-state index is 0.0907. The highest BCUT2D eigenvalue weighted by Crippen LogP contribution is 2.25. The predicted molar refractivity (Wildman–Crippen MR) is 126 cm³/mol. The fraction of sp³-hybridized carbons (Fsp3) is 0.375. The second kappa shape index (κ2) is 11.5. The normalized spacial score (nSPS) is 14.8. The molecule has 1 heterocycles. The number of hydrogen-bond acceptors (Lipinski definition) is 6. The number of rotatable bonds is 10. The van der Waals surface area contributed by atoms with Crippen LogP contribution in [-0.4, -0.2) is 68.6 Å². The van der Waals surface area contributed by atoms with Crippen molar-refractivity contribution in [1.29, 1.82) is 0 Å². The quantitative estimate of drug-likeness (QED) is 0.407. The standard InChI is InChI=1S/C24H31N3O5S/c1-3-26(16-17-32-2)18-19-4-6-20(7-5-19)21-8-10-23(11-9-21)33(30,31)27-14-12-22(13-15-27)24(28)25-29/h4-12,29H,3,13-18H2,1-2H3,(H,25,28). The van der Waals surface area contributed by atoms with Gasteiger partial charge in [0.1, 0.15) is 0 Å². The first-order chi connectivity index (χ1) is 15.9. The van der Waals surface area contributed by atoms with Crippen LogP contribution in [0.2, 0.25) is 0 Å². The minimum atomic E-state index is -3.67. The van der Waals surface area contributed by atoms with Crippen molar-refractivity contribution in [2.45, 2.75) is 24.8 Å². The summed E-state index contributed by atoms with van der Waals surface area (Å²) in [6, 6.07) is 15.1. The number of carbonyl (C=O) groups excluding carboxylic acids is 1. The lowest BCUT2D eigenvalue weighted by atomic mass is 10.0. The lowest BCUT2D eigenvalue weighted by Gasteiger charge is -2.25. The molecule has 0 fully saturated rings. The van der Waals surface area contributed by atoms with Crippen LogP contribution in [0.4, 0.5) is 0 Å². The Labute approximate surface area is 195 Å². The van der Waals surface area contributed by atoms with Crippen LogP contribution in [0.1, 0.15) is 18.9 Å². The van der Waals surface area contributed by atoms with Crippen molar-refractivity contribution in [3.05, 3.63) is 65.7 Å². The molecule has 0 aliphatic carbocycles. The Hall–Kier alpha value is -2.56. The summed E-state index contributed by atoms with van der Waals surface area (Å²) in [6.45, 7) is 5.79. The van der Waals surface area contributed by atoms with Gasteiger partial charge in [-0.2, -0.15) is 4.31 Å². The van der Waals surface area contributed by atoms with E-state index in [9.17, 15) is 13.2 Å². The van der Waals surface area contributed by atoms with Crippen LogP contribution < -0.4 is 5.48 Å². The smallest absolute Gasteiger partial charge is 0.270 e. The number of ether oxygens (including phenoxy) is 1. The molecule has 33 heavy (non-hydrogen) atoms. The average molecular weight is 474 g/mol. The Morgan fingerprint density at radius 1 is 1.12 bits per heavy atom. The summed E-state index contributed by atoms with van der Waals surface area (Å²) in [5, 5.41) is 8.73. The Bertz CT molecular complexity index is 1070. The van der Waals surface area contributed by atoms with E-state index in [4.69, 9.17) is 9.94 Å². The highest BCUT2D eigenvalue weighted by molar-refractivity contribution is 7.89. The van der Waals surface area contributed by atoms with E-state index >= 15 is 0 Å². The van der Waals surface area contributed by atoms with Crippen LogP contribution in [-0.2, 0) is 26.1 Å². The molecule has 0 saturated carbocycles. The lowest BCUT2D eigenvalue weighted by Crippen LogP contribution is -2.37. The van der Waals surface area contributed by atoms with Gasteiger partial charge in [0.25, 0.3) is 5.91 Å². The summed E-state index contributed by atoms with van der Waals surface area (Å²) in [6.07, 6.45) is 1.77. The third-order valence-corrected chi connectivity index (χ3v) is 7.69. The Morgan fingerprint density at radius 3 is 2.27 bits per heavy atom. The molecule has 0 aromatic heterocycles. The fourth-order valence-electron chi connectivity index (χ4n) is 3.75. The number of hydroxylamine groups is 1. The van der Waals surface area contributed by atoms with Crippen LogP contribution in [0, 0.1) is 0 Å². The van der Waals surface area contributed by atoms with E-state index < -0.39 is 15.9 Å². The molecule has 0 spiro atoms. The van der Waals surface area contributed by atoms with E-state index in [1.54, 1.807) is 24.7 Å². The molecule has 0 saturated heterocycles. The second-order valence-corrected chi connectivity index (χ2v) is 9.80. The fourth-order valence-corrected chi connectivity index (χ4v) is 5.13. The van der Waals surface area contributed by atoms with E-state index in [2.05, 4.69) is 24.0 Å². The maximum atomic E-state index is 13.0. The molecule has 0 atom stereocenters. The number of carbonyl (C=O) groups is 1. The Kier molecular flexibility index (Phi) is 8.76.